The Hall–Kier alpha value is -2.61. The lowest BCUT2D eigenvalue weighted by atomic mass is 10.4. The summed E-state index contributed by atoms with van der Waals surface area (Å²) in [6.45, 7) is 1.93. The van der Waals surface area contributed by atoms with Crippen LogP contribution in [0.15, 0.2) is 45.7 Å². The maximum atomic E-state index is 11.9. The van der Waals surface area contributed by atoms with E-state index in [0.717, 1.165) is 10.6 Å². The SMILES string of the molecule is Cc1cc(-c2nnc(NC(=O)CCSc3ccccc3)o2)nn1C. The first-order valence-corrected chi connectivity index (χ1v) is 8.42. The van der Waals surface area contributed by atoms with Crippen LogP contribution in [0.2, 0.25) is 0 Å². The van der Waals surface area contributed by atoms with E-state index in [1.54, 1.807) is 16.4 Å². The van der Waals surface area contributed by atoms with E-state index >= 15 is 0 Å². The number of nitrogens with one attached hydrogen (secondary N) is 1. The van der Waals surface area contributed by atoms with Gasteiger partial charge in [-0.05, 0) is 25.1 Å². The highest BCUT2D eigenvalue weighted by atomic mass is 32.2. The number of amides is 1. The molecule has 1 N–H and O–H groups in total. The summed E-state index contributed by atoms with van der Waals surface area (Å²) in [5.41, 5.74) is 1.56. The third-order valence-electron chi connectivity index (χ3n) is 3.35. The maximum absolute atomic E-state index is 11.9. The molecule has 8 heteroatoms. The van der Waals surface area contributed by atoms with Crippen molar-refractivity contribution in [3.8, 4) is 11.6 Å². The molecule has 1 amide bonds. The molecule has 0 radical (unpaired) electrons. The van der Waals surface area contributed by atoms with E-state index in [1.807, 2.05) is 50.4 Å². The molecule has 0 saturated carbocycles. The Balaban J connectivity index is 1.52. The van der Waals surface area contributed by atoms with Gasteiger partial charge >= 0.3 is 6.01 Å². The van der Waals surface area contributed by atoms with Crippen molar-refractivity contribution in [1.29, 1.82) is 0 Å². The van der Waals surface area contributed by atoms with Crippen LogP contribution in [0, 0.1) is 6.92 Å². The average Bonchev–Trinajstić information content (AvgIpc) is 3.16. The first-order valence-electron chi connectivity index (χ1n) is 7.44. The summed E-state index contributed by atoms with van der Waals surface area (Å²) < 4.78 is 7.16. The van der Waals surface area contributed by atoms with Crippen LogP contribution in [-0.2, 0) is 11.8 Å². The quantitative estimate of drug-likeness (QED) is 0.693. The molecule has 0 aliphatic rings. The first kappa shape index (κ1) is 16.3. The zero-order valence-corrected chi connectivity index (χ0v) is 14.2. The number of carbonyl (C=O) groups is 1. The second-order valence-electron chi connectivity index (χ2n) is 5.17. The first-order chi connectivity index (χ1) is 11.6. The highest BCUT2D eigenvalue weighted by molar-refractivity contribution is 7.99. The minimum absolute atomic E-state index is 0.0861. The molecule has 3 aromatic rings. The smallest absolute Gasteiger partial charge is 0.322 e. The van der Waals surface area contributed by atoms with Crippen molar-refractivity contribution in [2.24, 2.45) is 7.05 Å². The Bertz CT molecular complexity index is 809. The Morgan fingerprint density at radius 2 is 2.08 bits per heavy atom. The van der Waals surface area contributed by atoms with Gasteiger partial charge in [-0.2, -0.15) is 5.10 Å². The molecule has 124 valence electrons. The van der Waals surface area contributed by atoms with Gasteiger partial charge in [0, 0.05) is 29.8 Å². The van der Waals surface area contributed by atoms with Crippen LogP contribution >= 0.6 is 11.8 Å². The molecule has 0 fully saturated rings. The average molecular weight is 343 g/mol. The van der Waals surface area contributed by atoms with Crippen molar-refractivity contribution in [3.05, 3.63) is 42.1 Å². The van der Waals surface area contributed by atoms with E-state index in [0.29, 0.717) is 17.9 Å². The van der Waals surface area contributed by atoms with Gasteiger partial charge in [-0.1, -0.05) is 23.3 Å². The van der Waals surface area contributed by atoms with E-state index in [9.17, 15) is 4.79 Å². The van der Waals surface area contributed by atoms with Crippen molar-refractivity contribution < 1.29 is 9.21 Å². The molecule has 1 aromatic carbocycles. The maximum Gasteiger partial charge on any atom is 0.322 e. The number of benzene rings is 1. The topological polar surface area (TPSA) is 85.8 Å². The minimum Gasteiger partial charge on any atom is -0.401 e. The molecule has 0 bridgehead atoms. The fourth-order valence-corrected chi connectivity index (χ4v) is 2.88. The predicted molar refractivity (Wildman–Crippen MR) is 91.6 cm³/mol. The number of thioether (sulfide) groups is 1. The van der Waals surface area contributed by atoms with Gasteiger partial charge in [-0.15, -0.1) is 16.9 Å². The molecule has 0 unspecified atom stereocenters. The predicted octanol–water partition coefficient (Wildman–Crippen LogP) is 2.90. The third kappa shape index (κ3) is 4.02. The number of aromatic nitrogens is 4. The molecule has 0 aliphatic heterocycles. The highest BCUT2D eigenvalue weighted by Crippen LogP contribution is 2.20. The summed E-state index contributed by atoms with van der Waals surface area (Å²) in [5, 5.41) is 14.6. The molecule has 2 heterocycles. The van der Waals surface area contributed by atoms with E-state index in [2.05, 4.69) is 20.6 Å². The lowest BCUT2D eigenvalue weighted by Gasteiger charge is -2.01. The number of anilines is 1. The van der Waals surface area contributed by atoms with E-state index in [-0.39, 0.29) is 17.8 Å². The van der Waals surface area contributed by atoms with Gasteiger partial charge in [-0.3, -0.25) is 14.8 Å². The normalized spacial score (nSPS) is 10.8. The van der Waals surface area contributed by atoms with Crippen molar-refractivity contribution in [1.82, 2.24) is 20.0 Å². The zero-order valence-electron chi connectivity index (χ0n) is 13.4. The number of aryl methyl sites for hydroxylation is 2. The number of hydrogen-bond donors (Lipinski definition) is 1. The van der Waals surface area contributed by atoms with Gasteiger partial charge in [0.15, 0.2) is 0 Å². The molecule has 0 spiro atoms. The highest BCUT2D eigenvalue weighted by Gasteiger charge is 2.14. The Kier molecular flexibility index (Phi) is 4.95. The van der Waals surface area contributed by atoms with Crippen LogP contribution in [-0.4, -0.2) is 31.6 Å². The van der Waals surface area contributed by atoms with Crippen LogP contribution in [0.3, 0.4) is 0 Å². The van der Waals surface area contributed by atoms with Crippen molar-refractivity contribution in [2.75, 3.05) is 11.1 Å². The molecule has 7 nitrogen and oxygen atoms in total. The molecular formula is C16H17N5O2S. The molecule has 2 aromatic heterocycles. The summed E-state index contributed by atoms with van der Waals surface area (Å²) in [4.78, 5) is 13.1. The summed E-state index contributed by atoms with van der Waals surface area (Å²) in [6, 6.07) is 11.9. The molecule has 0 saturated heterocycles. The van der Waals surface area contributed by atoms with Crippen LogP contribution in [0.1, 0.15) is 12.1 Å². The van der Waals surface area contributed by atoms with Crippen molar-refractivity contribution >= 4 is 23.7 Å². The number of carbonyl (C=O) groups excluding carboxylic acids is 1. The van der Waals surface area contributed by atoms with Crippen LogP contribution < -0.4 is 5.32 Å². The fourth-order valence-electron chi connectivity index (χ4n) is 2.00. The van der Waals surface area contributed by atoms with Crippen molar-refractivity contribution in [3.63, 3.8) is 0 Å². The zero-order chi connectivity index (χ0) is 16.9. The third-order valence-corrected chi connectivity index (χ3v) is 4.36. The summed E-state index contributed by atoms with van der Waals surface area (Å²) in [5.74, 6) is 0.800. The Morgan fingerprint density at radius 3 is 2.79 bits per heavy atom. The second kappa shape index (κ2) is 7.31. The standard InChI is InChI=1S/C16H17N5O2S/c1-11-10-13(20-21(11)2)15-18-19-16(23-15)17-14(22)8-9-24-12-6-4-3-5-7-12/h3-7,10H,8-9H2,1-2H3,(H,17,19,22). The fraction of sp³-hybridized carbons (Fsp3) is 0.250. The Labute approximate surface area is 143 Å². The van der Waals surface area contributed by atoms with Crippen LogP contribution in [0.5, 0.6) is 0 Å². The monoisotopic (exact) mass is 343 g/mol. The van der Waals surface area contributed by atoms with Gasteiger partial charge in [0.1, 0.15) is 5.69 Å². The summed E-state index contributed by atoms with van der Waals surface area (Å²) >= 11 is 1.63. The minimum atomic E-state index is -0.161. The second-order valence-corrected chi connectivity index (χ2v) is 6.33. The van der Waals surface area contributed by atoms with Gasteiger partial charge < -0.3 is 4.42 Å². The molecule has 0 aliphatic carbocycles. The molecule has 24 heavy (non-hydrogen) atoms. The van der Waals surface area contributed by atoms with Gasteiger partial charge in [0.05, 0.1) is 0 Å². The lowest BCUT2D eigenvalue weighted by Crippen LogP contribution is -2.12. The van der Waals surface area contributed by atoms with Gasteiger partial charge in [0.2, 0.25) is 5.91 Å². The molecule has 3 rings (SSSR count). The van der Waals surface area contributed by atoms with E-state index < -0.39 is 0 Å². The van der Waals surface area contributed by atoms with Crippen molar-refractivity contribution in [2.45, 2.75) is 18.2 Å². The summed E-state index contributed by atoms with van der Waals surface area (Å²) in [6.07, 6.45) is 0.361. The summed E-state index contributed by atoms with van der Waals surface area (Å²) in [7, 11) is 1.84. The van der Waals surface area contributed by atoms with Gasteiger partial charge in [0.25, 0.3) is 5.89 Å². The van der Waals surface area contributed by atoms with Gasteiger partial charge in [-0.25, -0.2) is 0 Å². The van der Waals surface area contributed by atoms with Crippen LogP contribution in [0.25, 0.3) is 11.6 Å². The van der Waals surface area contributed by atoms with E-state index in [4.69, 9.17) is 4.42 Å². The number of hydrogen-bond acceptors (Lipinski definition) is 6. The number of rotatable bonds is 6. The largest absolute Gasteiger partial charge is 0.401 e. The van der Waals surface area contributed by atoms with Crippen LogP contribution in [0.4, 0.5) is 6.01 Å². The molecular weight excluding hydrogens is 326 g/mol. The Morgan fingerprint density at radius 1 is 1.29 bits per heavy atom. The molecule has 0 atom stereocenters. The number of nitrogens with zero attached hydrogens (tertiary/aromatic N) is 4. The lowest BCUT2D eigenvalue weighted by molar-refractivity contribution is -0.115. The van der Waals surface area contributed by atoms with E-state index in [1.165, 1.54) is 0 Å².